The van der Waals surface area contributed by atoms with Crippen LogP contribution in [0, 0.1) is 0 Å². The lowest BCUT2D eigenvalue weighted by Crippen LogP contribution is -2.61. The summed E-state index contributed by atoms with van der Waals surface area (Å²) in [7, 11) is 1.73. The van der Waals surface area contributed by atoms with E-state index in [2.05, 4.69) is 10.3 Å². The van der Waals surface area contributed by atoms with E-state index in [1.807, 2.05) is 0 Å². The van der Waals surface area contributed by atoms with Crippen molar-refractivity contribution in [2.24, 2.45) is 0 Å². The molecule has 1 N–H and O–H groups in total. The molecule has 1 saturated heterocycles. The zero-order chi connectivity index (χ0) is 8.44. The number of hydrogen-bond acceptors (Lipinski definition) is 4. The first kappa shape index (κ1) is 7.76. The molecule has 4 nitrogen and oxygen atoms in total. The normalized spacial score (nSPS) is 20.4. The Morgan fingerprint density at radius 2 is 2.58 bits per heavy atom. The van der Waals surface area contributed by atoms with Gasteiger partial charge in [-0.3, -0.25) is 0 Å². The highest BCUT2D eigenvalue weighted by Gasteiger charge is 2.37. The van der Waals surface area contributed by atoms with Crippen LogP contribution >= 0.6 is 0 Å². The van der Waals surface area contributed by atoms with Crippen molar-refractivity contribution < 1.29 is 9.15 Å². The first-order valence-corrected chi connectivity index (χ1v) is 3.98. The van der Waals surface area contributed by atoms with Crippen molar-refractivity contribution in [1.82, 2.24) is 10.3 Å². The molecule has 1 aliphatic rings. The fourth-order valence-electron chi connectivity index (χ4n) is 1.39. The predicted octanol–water partition coefficient (Wildman–Crippen LogP) is 0.206. The molecule has 2 heterocycles. The van der Waals surface area contributed by atoms with E-state index in [9.17, 15) is 0 Å². The molecule has 12 heavy (non-hydrogen) atoms. The fraction of sp³-hybridized carbons (Fsp3) is 0.625. The molecule has 0 aliphatic carbocycles. The largest absolute Gasteiger partial charge is 0.448 e. The second kappa shape index (κ2) is 2.88. The minimum atomic E-state index is -0.0560. The third-order valence-electron chi connectivity index (χ3n) is 2.31. The maximum atomic E-state index is 5.40. The van der Waals surface area contributed by atoms with Gasteiger partial charge in [0.1, 0.15) is 5.76 Å². The van der Waals surface area contributed by atoms with Crippen LogP contribution in [-0.4, -0.2) is 30.8 Å². The van der Waals surface area contributed by atoms with E-state index in [1.54, 1.807) is 13.3 Å². The number of oxazole rings is 1. The lowest BCUT2D eigenvalue weighted by molar-refractivity contribution is -0.0533. The van der Waals surface area contributed by atoms with E-state index in [0.717, 1.165) is 25.3 Å². The molecule has 1 aromatic heterocycles. The van der Waals surface area contributed by atoms with Crippen LogP contribution in [0.2, 0.25) is 0 Å². The van der Waals surface area contributed by atoms with E-state index in [-0.39, 0.29) is 5.60 Å². The average Bonchev–Trinajstić information content (AvgIpc) is 2.49. The first-order chi connectivity index (χ1) is 5.85. The van der Waals surface area contributed by atoms with Gasteiger partial charge in [0.05, 0.1) is 11.8 Å². The van der Waals surface area contributed by atoms with Crippen molar-refractivity contribution in [2.75, 3.05) is 20.2 Å². The number of hydrogen-bond donors (Lipinski definition) is 1. The molecule has 2 rings (SSSR count). The molecule has 0 radical (unpaired) electrons. The quantitative estimate of drug-likeness (QED) is 0.700. The molecule has 1 aliphatic heterocycles. The predicted molar refractivity (Wildman–Crippen MR) is 42.8 cm³/mol. The summed E-state index contributed by atoms with van der Waals surface area (Å²) < 4.78 is 10.5. The summed E-state index contributed by atoms with van der Waals surface area (Å²) in [5.74, 6) is 0.887. The molecule has 66 valence electrons. The molecule has 1 fully saturated rings. The minimum Gasteiger partial charge on any atom is -0.448 e. The zero-order valence-corrected chi connectivity index (χ0v) is 7.04. The van der Waals surface area contributed by atoms with Crippen molar-refractivity contribution >= 4 is 0 Å². The number of aromatic nitrogens is 1. The van der Waals surface area contributed by atoms with Gasteiger partial charge in [0.15, 0.2) is 6.39 Å². The number of nitrogens with zero attached hydrogens (tertiary/aromatic N) is 1. The van der Waals surface area contributed by atoms with E-state index in [4.69, 9.17) is 9.15 Å². The van der Waals surface area contributed by atoms with Gasteiger partial charge in [-0.2, -0.15) is 0 Å². The standard InChI is InChI=1S/C8H12N2O2/c1-11-8(4-10-5-8)2-7-3-9-6-12-7/h3,6,10H,2,4-5H2,1H3. The highest BCUT2D eigenvalue weighted by atomic mass is 16.5. The van der Waals surface area contributed by atoms with Gasteiger partial charge in [0.2, 0.25) is 0 Å². The molecule has 0 unspecified atom stereocenters. The summed E-state index contributed by atoms with van der Waals surface area (Å²) in [5, 5.41) is 3.18. The Balaban J connectivity index is 2.01. The summed E-state index contributed by atoms with van der Waals surface area (Å²) in [4.78, 5) is 3.86. The fourth-order valence-corrected chi connectivity index (χ4v) is 1.39. The van der Waals surface area contributed by atoms with Gasteiger partial charge in [0, 0.05) is 26.6 Å². The number of rotatable bonds is 3. The SMILES string of the molecule is COC1(Cc2cnco2)CNC1. The van der Waals surface area contributed by atoms with Crippen molar-refractivity contribution in [3.8, 4) is 0 Å². The van der Waals surface area contributed by atoms with Crippen LogP contribution in [0.4, 0.5) is 0 Å². The van der Waals surface area contributed by atoms with Crippen LogP contribution < -0.4 is 5.32 Å². The molecule has 0 aromatic carbocycles. The number of nitrogens with one attached hydrogen (secondary N) is 1. The highest BCUT2D eigenvalue weighted by Crippen LogP contribution is 2.21. The van der Waals surface area contributed by atoms with Crippen molar-refractivity contribution in [1.29, 1.82) is 0 Å². The van der Waals surface area contributed by atoms with Gasteiger partial charge in [-0.05, 0) is 0 Å². The van der Waals surface area contributed by atoms with Gasteiger partial charge in [-0.25, -0.2) is 4.98 Å². The van der Waals surface area contributed by atoms with Gasteiger partial charge < -0.3 is 14.5 Å². The summed E-state index contributed by atoms with van der Waals surface area (Å²) in [6.07, 6.45) is 3.99. The lowest BCUT2D eigenvalue weighted by atomic mass is 9.92. The van der Waals surface area contributed by atoms with Gasteiger partial charge >= 0.3 is 0 Å². The van der Waals surface area contributed by atoms with Crippen LogP contribution in [0.3, 0.4) is 0 Å². The second-order valence-corrected chi connectivity index (χ2v) is 3.14. The van der Waals surface area contributed by atoms with E-state index in [1.165, 1.54) is 6.39 Å². The Kier molecular flexibility index (Phi) is 1.86. The molecule has 0 spiro atoms. The monoisotopic (exact) mass is 168 g/mol. The summed E-state index contributed by atoms with van der Waals surface area (Å²) >= 11 is 0. The summed E-state index contributed by atoms with van der Waals surface area (Å²) in [6.45, 7) is 1.79. The van der Waals surface area contributed by atoms with Crippen LogP contribution in [0.1, 0.15) is 5.76 Å². The molecule has 4 heteroatoms. The molecule has 1 aromatic rings. The topological polar surface area (TPSA) is 47.3 Å². The molecule has 0 saturated carbocycles. The average molecular weight is 168 g/mol. The van der Waals surface area contributed by atoms with Crippen LogP contribution in [0.15, 0.2) is 17.0 Å². The third-order valence-corrected chi connectivity index (χ3v) is 2.31. The molecule has 0 atom stereocenters. The van der Waals surface area contributed by atoms with Crippen LogP contribution in [0.25, 0.3) is 0 Å². The van der Waals surface area contributed by atoms with Crippen LogP contribution in [-0.2, 0) is 11.2 Å². The number of methoxy groups -OCH3 is 1. The minimum absolute atomic E-state index is 0.0560. The van der Waals surface area contributed by atoms with Gasteiger partial charge in [-0.1, -0.05) is 0 Å². The van der Waals surface area contributed by atoms with Crippen molar-refractivity contribution in [3.05, 3.63) is 18.4 Å². The van der Waals surface area contributed by atoms with E-state index in [0.29, 0.717) is 0 Å². The Morgan fingerprint density at radius 3 is 3.00 bits per heavy atom. The lowest BCUT2D eigenvalue weighted by Gasteiger charge is -2.40. The van der Waals surface area contributed by atoms with Crippen LogP contribution in [0.5, 0.6) is 0 Å². The number of ether oxygens (including phenoxy) is 1. The molecule has 0 amide bonds. The Bertz CT molecular complexity index is 236. The molecular formula is C8H12N2O2. The smallest absolute Gasteiger partial charge is 0.180 e. The van der Waals surface area contributed by atoms with Gasteiger partial charge in [0.25, 0.3) is 0 Å². The van der Waals surface area contributed by atoms with E-state index >= 15 is 0 Å². The second-order valence-electron chi connectivity index (χ2n) is 3.14. The maximum Gasteiger partial charge on any atom is 0.180 e. The molecular weight excluding hydrogens is 156 g/mol. The van der Waals surface area contributed by atoms with Gasteiger partial charge in [-0.15, -0.1) is 0 Å². The van der Waals surface area contributed by atoms with E-state index < -0.39 is 0 Å². The first-order valence-electron chi connectivity index (χ1n) is 3.98. The highest BCUT2D eigenvalue weighted by molar-refractivity contribution is 5.04. The van der Waals surface area contributed by atoms with Crippen molar-refractivity contribution in [3.63, 3.8) is 0 Å². The van der Waals surface area contributed by atoms with Crippen molar-refractivity contribution in [2.45, 2.75) is 12.0 Å². The summed E-state index contributed by atoms with van der Waals surface area (Å²) in [5.41, 5.74) is -0.0560. The Labute approximate surface area is 70.9 Å². The zero-order valence-electron chi connectivity index (χ0n) is 7.04. The molecule has 0 bridgehead atoms. The Hall–Kier alpha value is -0.870. The Morgan fingerprint density at radius 1 is 1.75 bits per heavy atom. The third kappa shape index (κ3) is 1.23. The maximum absolute atomic E-state index is 5.40. The summed E-state index contributed by atoms with van der Waals surface area (Å²) in [6, 6.07) is 0.